The van der Waals surface area contributed by atoms with Crippen LogP contribution in [-0.4, -0.2) is 60.1 Å². The Balaban J connectivity index is 1.59. The summed E-state index contributed by atoms with van der Waals surface area (Å²) in [7, 11) is 0. The largest absolute Gasteiger partial charge is 0.371 e. The van der Waals surface area contributed by atoms with Crippen molar-refractivity contribution < 1.29 is 5.11 Å². The van der Waals surface area contributed by atoms with Crippen LogP contribution in [0.1, 0.15) is 51.2 Å². The predicted octanol–water partition coefficient (Wildman–Crippen LogP) is 5.14. The van der Waals surface area contributed by atoms with Crippen LogP contribution in [0.15, 0.2) is 59.3 Å². The predicted molar refractivity (Wildman–Crippen MR) is 138 cm³/mol. The fourth-order valence-corrected chi connectivity index (χ4v) is 4.32. The SMILES string of the molecule is C=Cc1cc(NC2(O)CCC2)ccc1C(=C)N1CCN(C/C(C)=C\C(C)=C(\C)N=C)CC1. The summed E-state index contributed by atoms with van der Waals surface area (Å²) in [5.41, 5.74) is 6.83. The number of rotatable bonds is 9. The van der Waals surface area contributed by atoms with Gasteiger partial charge in [0.05, 0.1) is 0 Å². The fourth-order valence-electron chi connectivity index (χ4n) is 4.32. The summed E-state index contributed by atoms with van der Waals surface area (Å²) in [4.78, 5) is 8.87. The molecule has 0 atom stereocenters. The highest BCUT2D eigenvalue weighted by Gasteiger charge is 2.34. The van der Waals surface area contributed by atoms with E-state index in [0.29, 0.717) is 0 Å². The third-order valence-electron chi connectivity index (χ3n) is 6.64. The van der Waals surface area contributed by atoms with E-state index in [1.54, 1.807) is 0 Å². The number of allylic oxidation sites excluding steroid dienone is 3. The Morgan fingerprint density at radius 3 is 2.44 bits per heavy atom. The molecule has 32 heavy (non-hydrogen) atoms. The third kappa shape index (κ3) is 5.78. The van der Waals surface area contributed by atoms with Gasteiger partial charge in [0.25, 0.3) is 0 Å². The maximum atomic E-state index is 10.4. The summed E-state index contributed by atoms with van der Waals surface area (Å²) in [5.74, 6) is 0. The molecule has 1 aliphatic carbocycles. The zero-order valence-corrected chi connectivity index (χ0v) is 20.0. The van der Waals surface area contributed by atoms with Crippen LogP contribution in [0.2, 0.25) is 0 Å². The Morgan fingerprint density at radius 2 is 1.88 bits per heavy atom. The number of aliphatic hydroxyl groups is 1. The van der Waals surface area contributed by atoms with Crippen LogP contribution in [0.4, 0.5) is 5.69 Å². The monoisotopic (exact) mass is 434 g/mol. The molecule has 0 bridgehead atoms. The Hall–Kier alpha value is -2.63. The zero-order valence-electron chi connectivity index (χ0n) is 20.0. The summed E-state index contributed by atoms with van der Waals surface area (Å²) in [5, 5.41) is 13.7. The minimum atomic E-state index is -0.755. The zero-order chi connectivity index (χ0) is 23.3. The normalized spacial score (nSPS) is 19.6. The number of hydrogen-bond acceptors (Lipinski definition) is 5. The number of benzene rings is 1. The summed E-state index contributed by atoms with van der Waals surface area (Å²) >= 11 is 0. The first kappa shape index (κ1) is 24.0. The highest BCUT2D eigenvalue weighted by atomic mass is 16.3. The fraction of sp³-hybridized carbons (Fsp3) is 0.444. The first-order valence-electron chi connectivity index (χ1n) is 11.5. The third-order valence-corrected chi connectivity index (χ3v) is 6.64. The van der Waals surface area contributed by atoms with Crippen molar-refractivity contribution in [3.05, 3.63) is 65.4 Å². The molecule has 172 valence electrons. The van der Waals surface area contributed by atoms with E-state index in [1.807, 2.05) is 19.1 Å². The second-order valence-electron chi connectivity index (χ2n) is 9.14. The molecule has 0 spiro atoms. The minimum absolute atomic E-state index is 0.755. The maximum Gasteiger partial charge on any atom is 0.135 e. The van der Waals surface area contributed by atoms with Gasteiger partial charge in [-0.25, -0.2) is 0 Å². The van der Waals surface area contributed by atoms with Gasteiger partial charge in [0.15, 0.2) is 0 Å². The van der Waals surface area contributed by atoms with Gasteiger partial charge in [-0.1, -0.05) is 36.9 Å². The molecule has 0 amide bonds. The van der Waals surface area contributed by atoms with Crippen LogP contribution in [0, 0.1) is 0 Å². The first-order chi connectivity index (χ1) is 15.2. The van der Waals surface area contributed by atoms with Gasteiger partial charge in [-0.15, -0.1) is 0 Å². The van der Waals surface area contributed by atoms with Crippen LogP contribution < -0.4 is 5.32 Å². The van der Waals surface area contributed by atoms with E-state index in [2.05, 4.69) is 72.0 Å². The lowest BCUT2D eigenvalue weighted by molar-refractivity contribution is -0.00539. The molecule has 2 fully saturated rings. The lowest BCUT2D eigenvalue weighted by Crippen LogP contribution is -2.45. The van der Waals surface area contributed by atoms with Crippen LogP contribution >= 0.6 is 0 Å². The molecular formula is C27H38N4O. The van der Waals surface area contributed by atoms with Gasteiger partial charge < -0.3 is 15.3 Å². The van der Waals surface area contributed by atoms with Gasteiger partial charge >= 0.3 is 0 Å². The van der Waals surface area contributed by atoms with Gasteiger partial charge in [-0.3, -0.25) is 9.89 Å². The van der Waals surface area contributed by atoms with Crippen LogP contribution in [-0.2, 0) is 0 Å². The smallest absolute Gasteiger partial charge is 0.135 e. The molecule has 1 aliphatic heterocycles. The molecule has 2 N–H and O–H groups in total. The molecule has 2 aliphatic rings. The van der Waals surface area contributed by atoms with E-state index >= 15 is 0 Å². The topological polar surface area (TPSA) is 51.1 Å². The molecule has 1 saturated carbocycles. The van der Waals surface area contributed by atoms with Gasteiger partial charge in [0.1, 0.15) is 5.72 Å². The Bertz CT molecular complexity index is 931. The van der Waals surface area contributed by atoms with Crippen LogP contribution in [0.25, 0.3) is 11.8 Å². The lowest BCUT2D eigenvalue weighted by Gasteiger charge is -2.39. The van der Waals surface area contributed by atoms with Crippen molar-refractivity contribution in [2.24, 2.45) is 4.99 Å². The average molecular weight is 435 g/mol. The number of nitrogens with zero attached hydrogens (tertiary/aromatic N) is 3. The van der Waals surface area contributed by atoms with Crippen molar-refractivity contribution in [2.45, 2.75) is 45.8 Å². The molecule has 1 saturated heterocycles. The van der Waals surface area contributed by atoms with Gasteiger partial charge in [-0.2, -0.15) is 0 Å². The van der Waals surface area contributed by atoms with Crippen molar-refractivity contribution in [1.82, 2.24) is 9.80 Å². The average Bonchev–Trinajstić information content (AvgIpc) is 2.77. The van der Waals surface area contributed by atoms with Gasteiger partial charge in [0.2, 0.25) is 0 Å². The van der Waals surface area contributed by atoms with E-state index in [1.165, 1.54) is 11.1 Å². The standard InChI is InChI=1S/C27H38N4O/c1-7-24-18-25(29-27(32)11-8-12-27)9-10-26(24)23(5)31-15-13-30(14-16-31)19-20(2)17-21(3)22(4)28-6/h7,9-10,17-18,29,32H,1,5-6,8,11-16,19H2,2-4H3/b20-17-,22-21-. The molecule has 1 aromatic rings. The number of hydrogen-bond donors (Lipinski definition) is 2. The second-order valence-corrected chi connectivity index (χ2v) is 9.14. The van der Waals surface area contributed by atoms with Crippen LogP contribution in [0.3, 0.4) is 0 Å². The highest BCUT2D eigenvalue weighted by Crippen LogP contribution is 2.34. The number of aliphatic imine (C=N–C) groups is 1. The molecule has 0 radical (unpaired) electrons. The number of piperazine rings is 1. The Labute approximate surface area is 193 Å². The van der Waals surface area contributed by atoms with Gasteiger partial charge in [-0.05, 0) is 70.0 Å². The Kier molecular flexibility index (Phi) is 7.75. The summed E-state index contributed by atoms with van der Waals surface area (Å²) in [6, 6.07) is 6.18. The van der Waals surface area contributed by atoms with Crippen molar-refractivity contribution in [2.75, 3.05) is 38.0 Å². The van der Waals surface area contributed by atoms with Crippen molar-refractivity contribution in [3.8, 4) is 0 Å². The first-order valence-corrected chi connectivity index (χ1v) is 11.5. The lowest BCUT2D eigenvalue weighted by atomic mass is 9.88. The molecule has 5 heteroatoms. The summed E-state index contributed by atoms with van der Waals surface area (Å²) in [6.45, 7) is 23.1. The minimum Gasteiger partial charge on any atom is -0.371 e. The molecule has 1 heterocycles. The quantitative estimate of drug-likeness (QED) is 0.321. The number of nitrogens with one attached hydrogen (secondary N) is 1. The number of anilines is 1. The van der Waals surface area contributed by atoms with Gasteiger partial charge in [0, 0.05) is 55.4 Å². The molecule has 1 aromatic carbocycles. The molecule has 0 aromatic heterocycles. The maximum absolute atomic E-state index is 10.4. The molecular weight excluding hydrogens is 396 g/mol. The van der Waals surface area contributed by atoms with E-state index in [4.69, 9.17) is 0 Å². The van der Waals surface area contributed by atoms with Crippen LogP contribution in [0.5, 0.6) is 0 Å². The van der Waals surface area contributed by atoms with Crippen molar-refractivity contribution >= 4 is 24.2 Å². The highest BCUT2D eigenvalue weighted by molar-refractivity contribution is 5.74. The van der Waals surface area contributed by atoms with E-state index < -0.39 is 5.72 Å². The van der Waals surface area contributed by atoms with E-state index in [0.717, 1.165) is 80.2 Å². The van der Waals surface area contributed by atoms with Crippen molar-refractivity contribution in [1.29, 1.82) is 0 Å². The second kappa shape index (κ2) is 10.3. The Morgan fingerprint density at radius 1 is 1.19 bits per heavy atom. The van der Waals surface area contributed by atoms with E-state index in [-0.39, 0.29) is 0 Å². The summed E-state index contributed by atoms with van der Waals surface area (Å²) < 4.78 is 0. The summed E-state index contributed by atoms with van der Waals surface area (Å²) in [6.07, 6.45) is 6.74. The molecule has 5 nitrogen and oxygen atoms in total. The molecule has 0 unspecified atom stereocenters. The van der Waals surface area contributed by atoms with E-state index in [9.17, 15) is 5.11 Å². The van der Waals surface area contributed by atoms with Crippen molar-refractivity contribution in [3.63, 3.8) is 0 Å². The molecule has 3 rings (SSSR count).